The second-order valence-electron chi connectivity index (χ2n) is 9.62. The number of piperidine rings is 1. The average Bonchev–Trinajstić information content (AvgIpc) is 3.28. The van der Waals surface area contributed by atoms with Crippen LogP contribution in [-0.2, 0) is 9.59 Å². The molecule has 2 saturated heterocycles. The predicted molar refractivity (Wildman–Crippen MR) is 138 cm³/mol. The van der Waals surface area contributed by atoms with Gasteiger partial charge in [0.25, 0.3) is 0 Å². The summed E-state index contributed by atoms with van der Waals surface area (Å²) in [6, 6.07) is 15.8. The summed E-state index contributed by atoms with van der Waals surface area (Å²) in [6.45, 7) is 2.65. The van der Waals surface area contributed by atoms with Gasteiger partial charge in [-0.25, -0.2) is 4.98 Å². The average molecular weight is 474 g/mol. The number of fused-ring (bicyclic) bond motifs is 2. The van der Waals surface area contributed by atoms with Crippen LogP contribution in [0.3, 0.4) is 0 Å². The molecule has 3 heterocycles. The summed E-state index contributed by atoms with van der Waals surface area (Å²) in [5.74, 6) is 1.26. The van der Waals surface area contributed by atoms with Gasteiger partial charge in [-0.05, 0) is 56.8 Å². The van der Waals surface area contributed by atoms with Gasteiger partial charge in [0, 0.05) is 48.0 Å². The molecule has 35 heavy (non-hydrogen) atoms. The van der Waals surface area contributed by atoms with E-state index in [2.05, 4.69) is 21.6 Å². The van der Waals surface area contributed by atoms with Gasteiger partial charge in [0.1, 0.15) is 5.75 Å². The number of nitrogens with one attached hydrogen (secondary N) is 2. The Bertz CT molecular complexity index is 1260. The van der Waals surface area contributed by atoms with Gasteiger partial charge in [-0.1, -0.05) is 12.1 Å². The minimum absolute atomic E-state index is 0.0266. The van der Waals surface area contributed by atoms with Crippen LogP contribution in [0.4, 0.5) is 11.4 Å². The van der Waals surface area contributed by atoms with Crippen LogP contribution in [0.25, 0.3) is 22.2 Å². The van der Waals surface area contributed by atoms with Gasteiger partial charge >= 0.3 is 0 Å². The fraction of sp³-hybridized carbons (Fsp3) is 0.370. The molecule has 2 fully saturated rings. The number of ether oxygens (including phenoxy) is 1. The van der Waals surface area contributed by atoms with Gasteiger partial charge in [0.15, 0.2) is 0 Å². The molecule has 2 atom stereocenters. The number of methoxy groups -OCH3 is 1. The molecule has 8 heteroatoms. The van der Waals surface area contributed by atoms with Crippen LogP contribution >= 0.6 is 0 Å². The zero-order valence-corrected chi connectivity index (χ0v) is 20.4. The first-order valence-corrected chi connectivity index (χ1v) is 12.0. The first-order chi connectivity index (χ1) is 16.9. The smallest absolute Gasteiger partial charge is 0.238 e. The summed E-state index contributed by atoms with van der Waals surface area (Å²) in [5.41, 5.74) is 4.47. The number of anilines is 2. The number of amides is 2. The standard InChI is InChI=1S/C27H31N5O3/c1-31(2)16-26(33)29-19-6-4-17(5-7-19)23-13-25(21-9-8-20(35-3)12-24(21)30-23)32-14-18-10-11-28-27(34)22(18)15-32/h4-9,12-13,18,22H,10-11,14-16H2,1-3H3,(H,28,34)(H,29,33). The molecule has 0 bridgehead atoms. The number of pyridine rings is 1. The summed E-state index contributed by atoms with van der Waals surface area (Å²) >= 11 is 0. The number of carbonyl (C=O) groups is 2. The number of nitrogens with zero attached hydrogens (tertiary/aromatic N) is 3. The minimum atomic E-state index is -0.0551. The van der Waals surface area contributed by atoms with Crippen molar-refractivity contribution in [1.82, 2.24) is 15.2 Å². The molecular formula is C27H31N5O3. The van der Waals surface area contributed by atoms with E-state index < -0.39 is 0 Å². The molecule has 2 amide bonds. The van der Waals surface area contributed by atoms with Crippen molar-refractivity contribution in [2.75, 3.05) is 57.6 Å². The number of rotatable bonds is 6. The molecular weight excluding hydrogens is 442 g/mol. The Labute approximate surface area is 205 Å². The summed E-state index contributed by atoms with van der Waals surface area (Å²) < 4.78 is 5.45. The van der Waals surface area contributed by atoms with Gasteiger partial charge in [-0.2, -0.15) is 0 Å². The van der Waals surface area contributed by atoms with Crippen molar-refractivity contribution >= 4 is 34.1 Å². The highest BCUT2D eigenvalue weighted by Crippen LogP contribution is 2.38. The Hall–Kier alpha value is -3.65. The van der Waals surface area contributed by atoms with Crippen molar-refractivity contribution in [3.8, 4) is 17.0 Å². The van der Waals surface area contributed by atoms with Crippen molar-refractivity contribution in [2.45, 2.75) is 6.42 Å². The molecule has 2 aliphatic heterocycles. The third-order valence-electron chi connectivity index (χ3n) is 6.85. The fourth-order valence-corrected chi connectivity index (χ4v) is 5.11. The molecule has 2 aromatic carbocycles. The summed E-state index contributed by atoms with van der Waals surface area (Å²) in [5, 5.41) is 6.98. The normalized spacial score (nSPS) is 19.5. The third-order valence-corrected chi connectivity index (χ3v) is 6.85. The van der Waals surface area contributed by atoms with Crippen LogP contribution in [0.1, 0.15) is 6.42 Å². The van der Waals surface area contributed by atoms with E-state index in [9.17, 15) is 9.59 Å². The molecule has 0 saturated carbocycles. The molecule has 8 nitrogen and oxygen atoms in total. The first kappa shape index (κ1) is 23.1. The zero-order valence-electron chi connectivity index (χ0n) is 20.4. The quantitative estimate of drug-likeness (QED) is 0.573. The lowest BCUT2D eigenvalue weighted by Gasteiger charge is -2.23. The fourth-order valence-electron chi connectivity index (χ4n) is 5.11. The Morgan fingerprint density at radius 1 is 1.17 bits per heavy atom. The molecule has 2 N–H and O–H groups in total. The third kappa shape index (κ3) is 4.79. The van der Waals surface area contributed by atoms with Gasteiger partial charge in [-0.15, -0.1) is 0 Å². The highest BCUT2D eigenvalue weighted by Gasteiger charge is 2.40. The van der Waals surface area contributed by atoms with Crippen LogP contribution in [0, 0.1) is 11.8 Å². The van der Waals surface area contributed by atoms with Gasteiger partial charge in [0.2, 0.25) is 11.8 Å². The van der Waals surface area contributed by atoms with Gasteiger partial charge in [-0.3, -0.25) is 9.59 Å². The minimum Gasteiger partial charge on any atom is -0.497 e. The van der Waals surface area contributed by atoms with Crippen LogP contribution in [0.15, 0.2) is 48.5 Å². The van der Waals surface area contributed by atoms with E-state index in [4.69, 9.17) is 9.72 Å². The largest absolute Gasteiger partial charge is 0.497 e. The maximum atomic E-state index is 12.5. The monoisotopic (exact) mass is 473 g/mol. The molecule has 1 aromatic heterocycles. The number of carbonyl (C=O) groups excluding carboxylic acids is 2. The van der Waals surface area contributed by atoms with Crippen LogP contribution < -0.4 is 20.3 Å². The number of likely N-dealkylation sites (N-methyl/N-ethyl adjacent to an activating group) is 1. The molecule has 2 aliphatic rings. The van der Waals surface area contributed by atoms with Crippen molar-refractivity contribution in [1.29, 1.82) is 0 Å². The summed E-state index contributed by atoms with van der Waals surface area (Å²) in [4.78, 5) is 33.7. The highest BCUT2D eigenvalue weighted by molar-refractivity contribution is 5.96. The molecule has 5 rings (SSSR count). The molecule has 0 aliphatic carbocycles. The lowest BCUT2D eigenvalue weighted by molar-refractivity contribution is -0.127. The van der Waals surface area contributed by atoms with Crippen molar-refractivity contribution in [2.24, 2.45) is 11.8 Å². The molecule has 0 radical (unpaired) electrons. The Morgan fingerprint density at radius 2 is 1.97 bits per heavy atom. The van der Waals surface area contributed by atoms with E-state index in [1.807, 2.05) is 61.5 Å². The molecule has 0 spiro atoms. The second-order valence-corrected chi connectivity index (χ2v) is 9.62. The van der Waals surface area contributed by atoms with Crippen LogP contribution in [0.5, 0.6) is 5.75 Å². The van der Waals surface area contributed by atoms with E-state index in [0.717, 1.165) is 58.8 Å². The zero-order chi connectivity index (χ0) is 24.5. The number of hydrogen-bond donors (Lipinski definition) is 2. The number of benzene rings is 2. The second kappa shape index (κ2) is 9.54. The molecule has 182 valence electrons. The van der Waals surface area contributed by atoms with E-state index in [0.29, 0.717) is 19.0 Å². The number of hydrogen-bond acceptors (Lipinski definition) is 6. The summed E-state index contributed by atoms with van der Waals surface area (Å²) in [6.07, 6.45) is 1.01. The van der Waals surface area contributed by atoms with Crippen LogP contribution in [-0.4, -0.2) is 69.1 Å². The van der Waals surface area contributed by atoms with Crippen molar-refractivity contribution in [3.05, 3.63) is 48.5 Å². The Morgan fingerprint density at radius 3 is 2.69 bits per heavy atom. The maximum absolute atomic E-state index is 12.5. The summed E-state index contributed by atoms with van der Waals surface area (Å²) in [7, 11) is 5.38. The lowest BCUT2D eigenvalue weighted by atomic mass is 9.89. The number of aromatic nitrogens is 1. The first-order valence-electron chi connectivity index (χ1n) is 12.0. The topological polar surface area (TPSA) is 86.8 Å². The predicted octanol–water partition coefficient (Wildman–Crippen LogP) is 2.98. The molecule has 3 aromatic rings. The van der Waals surface area contributed by atoms with Gasteiger partial charge < -0.3 is 25.2 Å². The van der Waals surface area contributed by atoms with E-state index in [1.165, 1.54) is 0 Å². The van der Waals surface area contributed by atoms with Crippen molar-refractivity contribution < 1.29 is 14.3 Å². The Kier molecular flexibility index (Phi) is 6.30. The van der Waals surface area contributed by atoms with E-state index in [1.54, 1.807) is 7.11 Å². The highest BCUT2D eigenvalue weighted by atomic mass is 16.5. The van der Waals surface area contributed by atoms with Crippen molar-refractivity contribution in [3.63, 3.8) is 0 Å². The van der Waals surface area contributed by atoms with E-state index in [-0.39, 0.29) is 17.7 Å². The van der Waals surface area contributed by atoms with E-state index >= 15 is 0 Å². The Balaban J connectivity index is 1.49. The van der Waals surface area contributed by atoms with Gasteiger partial charge in [0.05, 0.1) is 30.8 Å². The SMILES string of the molecule is COc1ccc2c(N3CC4CCNC(=O)C4C3)cc(-c3ccc(NC(=O)CN(C)C)cc3)nc2c1. The van der Waals surface area contributed by atoms with Crippen LogP contribution in [0.2, 0.25) is 0 Å². The maximum Gasteiger partial charge on any atom is 0.238 e. The molecule has 2 unspecified atom stereocenters. The lowest BCUT2D eigenvalue weighted by Crippen LogP contribution is -2.41.